The molecule has 1 aromatic carbocycles. The number of hydrogen-bond acceptors (Lipinski definition) is 6. The molecule has 0 aliphatic rings. The van der Waals surface area contributed by atoms with Crippen molar-refractivity contribution in [2.75, 3.05) is 13.2 Å². The molecule has 96 valence electrons. The maximum Gasteiger partial charge on any atom is 0.337 e. The zero-order valence-corrected chi connectivity index (χ0v) is 9.07. The Morgan fingerprint density at radius 2 is 1.83 bits per heavy atom. The van der Waals surface area contributed by atoms with E-state index in [0.717, 1.165) is 0 Å². The average molecular weight is 255 g/mol. The lowest BCUT2D eigenvalue weighted by Crippen LogP contribution is -2.18. The van der Waals surface area contributed by atoms with Crippen LogP contribution in [0.15, 0.2) is 24.3 Å². The van der Waals surface area contributed by atoms with Crippen molar-refractivity contribution in [3.63, 3.8) is 0 Å². The molecule has 1 rings (SSSR count). The van der Waals surface area contributed by atoms with E-state index in [0.29, 0.717) is 0 Å². The summed E-state index contributed by atoms with van der Waals surface area (Å²) in [6.45, 7) is -1.11. The van der Waals surface area contributed by atoms with Gasteiger partial charge in [-0.15, -0.1) is 0 Å². The minimum Gasteiger partial charge on any atom is -0.480 e. The maximum atomic E-state index is 11.1. The standard InChI is InChI=1S/C10H9NO7/c12-9(13)5-17-6-10(14)18-8-3-1-7(2-4-8)11(15)16/h1-4H,5-6H2,(H,12,13). The lowest BCUT2D eigenvalue weighted by Gasteiger charge is -2.03. The molecule has 0 aliphatic heterocycles. The second-order valence-electron chi connectivity index (χ2n) is 3.11. The highest BCUT2D eigenvalue weighted by Crippen LogP contribution is 2.17. The molecule has 0 atom stereocenters. The van der Waals surface area contributed by atoms with Gasteiger partial charge in [-0.3, -0.25) is 10.1 Å². The minimum atomic E-state index is -1.20. The monoisotopic (exact) mass is 255 g/mol. The largest absolute Gasteiger partial charge is 0.480 e. The first-order valence-corrected chi connectivity index (χ1v) is 4.73. The third-order valence-corrected chi connectivity index (χ3v) is 1.72. The lowest BCUT2D eigenvalue weighted by molar-refractivity contribution is -0.384. The number of hydrogen-bond donors (Lipinski definition) is 1. The summed E-state index contributed by atoms with van der Waals surface area (Å²) in [6.07, 6.45) is 0. The Balaban J connectivity index is 2.44. The minimum absolute atomic E-state index is 0.115. The fourth-order valence-corrected chi connectivity index (χ4v) is 1.02. The van der Waals surface area contributed by atoms with Crippen LogP contribution in [0.4, 0.5) is 5.69 Å². The van der Waals surface area contributed by atoms with E-state index in [1.54, 1.807) is 0 Å². The van der Waals surface area contributed by atoms with Gasteiger partial charge in [-0.25, -0.2) is 9.59 Å². The number of benzene rings is 1. The molecule has 1 N–H and O–H groups in total. The number of nitro benzene ring substituents is 1. The van der Waals surface area contributed by atoms with Crippen LogP contribution in [0.25, 0.3) is 0 Å². The second kappa shape index (κ2) is 6.30. The Kier molecular flexibility index (Phi) is 4.76. The van der Waals surface area contributed by atoms with E-state index in [1.165, 1.54) is 24.3 Å². The van der Waals surface area contributed by atoms with Gasteiger partial charge in [0, 0.05) is 12.1 Å². The number of carboxylic acid groups (broad SMARTS) is 1. The Bertz CT molecular complexity index is 454. The van der Waals surface area contributed by atoms with Crippen LogP contribution in [0, 0.1) is 10.1 Å². The average Bonchev–Trinajstić information content (AvgIpc) is 2.29. The number of non-ortho nitro benzene ring substituents is 1. The van der Waals surface area contributed by atoms with E-state index in [2.05, 4.69) is 4.74 Å². The number of nitro groups is 1. The number of ether oxygens (including phenoxy) is 2. The molecule has 0 aromatic heterocycles. The van der Waals surface area contributed by atoms with Crippen LogP contribution in [0.1, 0.15) is 0 Å². The topological polar surface area (TPSA) is 116 Å². The normalized spacial score (nSPS) is 9.78. The first kappa shape index (κ1) is 13.6. The summed E-state index contributed by atoms with van der Waals surface area (Å²) in [5, 5.41) is 18.6. The maximum absolute atomic E-state index is 11.1. The first-order chi connectivity index (χ1) is 8.49. The van der Waals surface area contributed by atoms with Gasteiger partial charge in [-0.05, 0) is 12.1 Å². The van der Waals surface area contributed by atoms with Crippen LogP contribution >= 0.6 is 0 Å². The van der Waals surface area contributed by atoms with Gasteiger partial charge in [0.2, 0.25) is 0 Å². The number of carbonyl (C=O) groups is 2. The Labute approximate surface area is 101 Å². The fraction of sp³-hybridized carbons (Fsp3) is 0.200. The molecule has 0 saturated carbocycles. The van der Waals surface area contributed by atoms with Crippen molar-refractivity contribution in [3.8, 4) is 5.75 Å². The highest BCUT2D eigenvalue weighted by atomic mass is 16.6. The third kappa shape index (κ3) is 4.58. The number of aliphatic carboxylic acids is 1. The van der Waals surface area contributed by atoms with Gasteiger partial charge in [-0.2, -0.15) is 0 Å². The van der Waals surface area contributed by atoms with Gasteiger partial charge in [0.05, 0.1) is 4.92 Å². The summed E-state index contributed by atoms with van der Waals surface area (Å²) < 4.78 is 9.26. The van der Waals surface area contributed by atoms with Crippen molar-refractivity contribution in [1.82, 2.24) is 0 Å². The quantitative estimate of drug-likeness (QED) is 0.342. The Hall–Kier alpha value is -2.48. The number of rotatable bonds is 6. The fourth-order valence-electron chi connectivity index (χ4n) is 1.02. The molecular weight excluding hydrogens is 246 g/mol. The van der Waals surface area contributed by atoms with E-state index >= 15 is 0 Å². The zero-order valence-electron chi connectivity index (χ0n) is 9.07. The summed E-state index contributed by atoms with van der Waals surface area (Å²) in [7, 11) is 0. The van der Waals surface area contributed by atoms with Crippen LogP contribution in [0.5, 0.6) is 5.75 Å². The van der Waals surface area contributed by atoms with Gasteiger partial charge >= 0.3 is 11.9 Å². The summed E-state index contributed by atoms with van der Waals surface area (Å²) in [4.78, 5) is 31.0. The number of nitrogens with zero attached hydrogens (tertiary/aromatic N) is 1. The van der Waals surface area contributed by atoms with E-state index in [4.69, 9.17) is 9.84 Å². The van der Waals surface area contributed by atoms with Crippen molar-refractivity contribution >= 4 is 17.6 Å². The van der Waals surface area contributed by atoms with Crippen LogP contribution in [-0.4, -0.2) is 35.2 Å². The SMILES string of the molecule is O=C(O)COCC(=O)Oc1ccc([N+](=O)[O-])cc1. The first-order valence-electron chi connectivity index (χ1n) is 4.73. The molecule has 0 amide bonds. The molecule has 0 fully saturated rings. The van der Waals surface area contributed by atoms with Crippen molar-refractivity contribution in [2.24, 2.45) is 0 Å². The van der Waals surface area contributed by atoms with Crippen LogP contribution < -0.4 is 4.74 Å². The molecule has 0 unspecified atom stereocenters. The molecule has 0 heterocycles. The van der Waals surface area contributed by atoms with Crippen molar-refractivity contribution in [2.45, 2.75) is 0 Å². The highest BCUT2D eigenvalue weighted by Gasteiger charge is 2.09. The van der Waals surface area contributed by atoms with Crippen molar-refractivity contribution in [3.05, 3.63) is 34.4 Å². The van der Waals surface area contributed by atoms with E-state index in [9.17, 15) is 19.7 Å². The summed E-state index contributed by atoms with van der Waals surface area (Å²) in [6, 6.07) is 4.88. The van der Waals surface area contributed by atoms with E-state index in [1.807, 2.05) is 0 Å². The molecule has 18 heavy (non-hydrogen) atoms. The third-order valence-electron chi connectivity index (χ3n) is 1.72. The summed E-state index contributed by atoms with van der Waals surface area (Å²) >= 11 is 0. The molecule has 0 spiro atoms. The van der Waals surface area contributed by atoms with E-state index in [-0.39, 0.29) is 11.4 Å². The molecule has 0 bridgehead atoms. The highest BCUT2D eigenvalue weighted by molar-refractivity contribution is 5.74. The number of carboxylic acids is 1. The molecule has 0 saturated heterocycles. The van der Waals surface area contributed by atoms with Crippen LogP contribution in [-0.2, 0) is 14.3 Å². The molecular formula is C10H9NO7. The van der Waals surface area contributed by atoms with Gasteiger partial charge in [0.15, 0.2) is 0 Å². The van der Waals surface area contributed by atoms with Gasteiger partial charge < -0.3 is 14.6 Å². The Morgan fingerprint density at radius 1 is 1.22 bits per heavy atom. The number of carbonyl (C=O) groups excluding carboxylic acids is 1. The van der Waals surface area contributed by atoms with Crippen molar-refractivity contribution in [1.29, 1.82) is 0 Å². The van der Waals surface area contributed by atoms with Crippen molar-refractivity contribution < 1.29 is 29.1 Å². The van der Waals surface area contributed by atoms with Crippen LogP contribution in [0.3, 0.4) is 0 Å². The second-order valence-corrected chi connectivity index (χ2v) is 3.11. The predicted molar refractivity (Wildman–Crippen MR) is 57.2 cm³/mol. The Morgan fingerprint density at radius 3 is 2.33 bits per heavy atom. The van der Waals surface area contributed by atoms with Gasteiger partial charge in [0.25, 0.3) is 5.69 Å². The summed E-state index contributed by atoms with van der Waals surface area (Å²) in [5.41, 5.74) is -0.128. The zero-order chi connectivity index (χ0) is 13.5. The molecule has 8 nitrogen and oxygen atoms in total. The van der Waals surface area contributed by atoms with Gasteiger partial charge in [-0.1, -0.05) is 0 Å². The molecule has 0 radical (unpaired) electrons. The summed E-state index contributed by atoms with van der Waals surface area (Å²) in [5.74, 6) is -1.87. The molecule has 1 aromatic rings. The molecule has 0 aliphatic carbocycles. The van der Waals surface area contributed by atoms with Crippen LogP contribution in [0.2, 0.25) is 0 Å². The lowest BCUT2D eigenvalue weighted by atomic mass is 10.3. The number of esters is 1. The molecule has 8 heteroatoms. The van der Waals surface area contributed by atoms with E-state index < -0.39 is 30.1 Å². The predicted octanol–water partition coefficient (Wildman–Crippen LogP) is 0.601. The van der Waals surface area contributed by atoms with Gasteiger partial charge in [0.1, 0.15) is 19.0 Å². The smallest absolute Gasteiger partial charge is 0.337 e.